The molecule has 0 radical (unpaired) electrons. The number of ether oxygens (including phenoxy) is 6. The topological polar surface area (TPSA) is 298 Å². The number of hydrogen-bond acceptors (Lipinski definition) is 18. The largest absolute Gasteiger partial charge is 0.468 e. The second kappa shape index (κ2) is 26.8. The Morgan fingerprint density at radius 3 is 1.09 bits per heavy atom. The summed E-state index contributed by atoms with van der Waals surface area (Å²) in [6, 6.07) is -5.10. The van der Waals surface area contributed by atoms with Crippen LogP contribution in [0.4, 0.5) is 9.59 Å². The molecule has 0 rings (SSSR count). The Morgan fingerprint density at radius 1 is 0.483 bits per heavy atom. The molecule has 4 unspecified atom stereocenters. The SMILES string of the molecule is COC(=O)CNC(=O)C(CSSCC(NC(=O)CCC(NC(=O)OC(C)(C)C)C(=O)OC)C(=O)NCC(=O)OC)NC(=O)CCC(NC(=O)OC(C)(C)C)C(=O)OC. The zero-order chi connectivity index (χ0) is 44.6. The lowest BCUT2D eigenvalue weighted by Crippen LogP contribution is -2.50. The maximum Gasteiger partial charge on any atom is 0.408 e. The number of carbonyl (C=O) groups excluding carboxylic acids is 10. The highest BCUT2D eigenvalue weighted by Gasteiger charge is 2.30. The van der Waals surface area contributed by atoms with Crippen molar-refractivity contribution in [1.82, 2.24) is 31.9 Å². The third-order valence-electron chi connectivity index (χ3n) is 6.80. The van der Waals surface area contributed by atoms with Crippen LogP contribution in [0.5, 0.6) is 0 Å². The number of nitrogens with one attached hydrogen (secondary N) is 6. The molecule has 4 atom stereocenters. The zero-order valence-corrected chi connectivity index (χ0v) is 35.9. The Bertz CT molecular complexity index is 1350. The van der Waals surface area contributed by atoms with Crippen molar-refractivity contribution < 1.29 is 76.4 Å². The van der Waals surface area contributed by atoms with E-state index >= 15 is 0 Å². The zero-order valence-electron chi connectivity index (χ0n) is 34.3. The van der Waals surface area contributed by atoms with Crippen LogP contribution in [0, 0.1) is 0 Å². The molecule has 0 saturated heterocycles. The number of methoxy groups -OCH3 is 4. The summed E-state index contributed by atoms with van der Waals surface area (Å²) in [6.07, 6.45) is -3.07. The van der Waals surface area contributed by atoms with E-state index in [-0.39, 0.29) is 37.2 Å². The molecule has 6 N–H and O–H groups in total. The second-order valence-corrected chi connectivity index (χ2v) is 16.5. The molecule has 0 aromatic rings. The molecular formula is C34H56N6O16S2. The Labute approximate surface area is 344 Å². The van der Waals surface area contributed by atoms with E-state index < -0.39 is 108 Å². The summed E-state index contributed by atoms with van der Waals surface area (Å²) in [4.78, 5) is 124. The average molecular weight is 869 g/mol. The fourth-order valence-electron chi connectivity index (χ4n) is 4.07. The molecule has 330 valence electrons. The van der Waals surface area contributed by atoms with Gasteiger partial charge in [-0.15, -0.1) is 0 Å². The molecular weight excluding hydrogens is 813 g/mol. The molecule has 0 bridgehead atoms. The molecule has 0 fully saturated rings. The van der Waals surface area contributed by atoms with Gasteiger partial charge in [0.15, 0.2) is 0 Å². The van der Waals surface area contributed by atoms with Crippen LogP contribution in [0.2, 0.25) is 0 Å². The summed E-state index contributed by atoms with van der Waals surface area (Å²) in [7, 11) is 6.38. The van der Waals surface area contributed by atoms with Gasteiger partial charge in [0.05, 0.1) is 28.4 Å². The number of hydrogen-bond donors (Lipinski definition) is 6. The predicted octanol–water partition coefficient (Wildman–Crippen LogP) is -0.391. The monoisotopic (exact) mass is 868 g/mol. The van der Waals surface area contributed by atoms with E-state index in [1.807, 2.05) is 0 Å². The van der Waals surface area contributed by atoms with E-state index in [2.05, 4.69) is 41.4 Å². The van der Waals surface area contributed by atoms with Crippen LogP contribution in [0.1, 0.15) is 67.2 Å². The van der Waals surface area contributed by atoms with E-state index in [9.17, 15) is 47.9 Å². The van der Waals surface area contributed by atoms with Gasteiger partial charge in [0.1, 0.15) is 48.5 Å². The van der Waals surface area contributed by atoms with Crippen molar-refractivity contribution in [2.75, 3.05) is 53.0 Å². The van der Waals surface area contributed by atoms with Crippen molar-refractivity contribution in [3.63, 3.8) is 0 Å². The lowest BCUT2D eigenvalue weighted by molar-refractivity contribution is -0.144. The highest BCUT2D eigenvalue weighted by molar-refractivity contribution is 8.76. The number of carbonyl (C=O) groups is 10. The maximum atomic E-state index is 13.0. The Kier molecular flexibility index (Phi) is 24.5. The highest BCUT2D eigenvalue weighted by Crippen LogP contribution is 2.23. The third kappa shape index (κ3) is 24.6. The number of alkyl carbamates (subject to hydrolysis) is 2. The van der Waals surface area contributed by atoms with Gasteiger partial charge in [-0.25, -0.2) is 19.2 Å². The first-order valence-corrected chi connectivity index (χ1v) is 20.1. The van der Waals surface area contributed by atoms with Gasteiger partial charge in [0.25, 0.3) is 0 Å². The van der Waals surface area contributed by atoms with Gasteiger partial charge in [-0.2, -0.15) is 0 Å². The maximum absolute atomic E-state index is 13.0. The lowest BCUT2D eigenvalue weighted by atomic mass is 10.1. The van der Waals surface area contributed by atoms with E-state index in [1.165, 1.54) is 0 Å². The van der Waals surface area contributed by atoms with Crippen LogP contribution in [-0.4, -0.2) is 148 Å². The van der Waals surface area contributed by atoms with Crippen LogP contribution < -0.4 is 31.9 Å². The fourth-order valence-corrected chi connectivity index (χ4v) is 6.40. The molecule has 0 spiro atoms. The van der Waals surface area contributed by atoms with Gasteiger partial charge in [0, 0.05) is 24.3 Å². The van der Waals surface area contributed by atoms with Gasteiger partial charge < -0.3 is 60.3 Å². The summed E-state index contributed by atoms with van der Waals surface area (Å²) in [5.41, 5.74) is -1.75. The number of amides is 6. The van der Waals surface area contributed by atoms with E-state index in [0.29, 0.717) is 0 Å². The van der Waals surface area contributed by atoms with Crippen LogP contribution in [0.3, 0.4) is 0 Å². The molecule has 0 aliphatic heterocycles. The van der Waals surface area contributed by atoms with Gasteiger partial charge in [-0.3, -0.25) is 28.8 Å². The van der Waals surface area contributed by atoms with Crippen LogP contribution in [0.25, 0.3) is 0 Å². The molecule has 22 nitrogen and oxygen atoms in total. The summed E-state index contributed by atoms with van der Waals surface area (Å²) in [5.74, 6) is -6.57. The Morgan fingerprint density at radius 2 is 0.810 bits per heavy atom. The Balaban J connectivity index is 5.80. The van der Waals surface area contributed by atoms with Crippen molar-refractivity contribution in [1.29, 1.82) is 0 Å². The third-order valence-corrected chi connectivity index (χ3v) is 9.22. The lowest BCUT2D eigenvalue weighted by Gasteiger charge is -2.23. The van der Waals surface area contributed by atoms with Gasteiger partial charge >= 0.3 is 36.1 Å². The summed E-state index contributed by atoms with van der Waals surface area (Å²) >= 11 is 0. The minimum absolute atomic E-state index is 0.151. The molecule has 24 heteroatoms. The van der Waals surface area contributed by atoms with Crippen LogP contribution in [0.15, 0.2) is 0 Å². The molecule has 6 amide bonds. The average Bonchev–Trinajstić information content (AvgIpc) is 3.13. The van der Waals surface area contributed by atoms with Crippen LogP contribution >= 0.6 is 21.6 Å². The van der Waals surface area contributed by atoms with Gasteiger partial charge in [-0.05, 0) is 54.4 Å². The fraction of sp³-hybridized carbons (Fsp3) is 0.706. The smallest absolute Gasteiger partial charge is 0.408 e. The van der Waals surface area contributed by atoms with Crippen molar-refractivity contribution >= 4 is 81.3 Å². The van der Waals surface area contributed by atoms with Crippen LogP contribution in [-0.2, 0) is 66.8 Å². The number of esters is 4. The minimum Gasteiger partial charge on any atom is -0.468 e. The molecule has 0 aromatic carbocycles. The second-order valence-electron chi connectivity index (χ2n) is 13.9. The Hall–Kier alpha value is -5.00. The molecule has 0 saturated carbocycles. The van der Waals surface area contributed by atoms with Gasteiger partial charge in [0.2, 0.25) is 23.6 Å². The normalized spacial score (nSPS) is 13.1. The minimum atomic E-state index is -1.28. The van der Waals surface area contributed by atoms with Crippen molar-refractivity contribution in [3.05, 3.63) is 0 Å². The van der Waals surface area contributed by atoms with Crippen molar-refractivity contribution in [2.24, 2.45) is 0 Å². The molecule has 0 heterocycles. The van der Waals surface area contributed by atoms with Gasteiger partial charge in [-0.1, -0.05) is 21.6 Å². The van der Waals surface area contributed by atoms with E-state index in [0.717, 1.165) is 50.0 Å². The predicted molar refractivity (Wildman–Crippen MR) is 208 cm³/mol. The molecule has 0 aromatic heterocycles. The quantitative estimate of drug-likeness (QED) is 0.0330. The summed E-state index contributed by atoms with van der Waals surface area (Å²) < 4.78 is 28.8. The summed E-state index contributed by atoms with van der Waals surface area (Å²) in [6.45, 7) is 8.64. The molecule has 58 heavy (non-hydrogen) atoms. The first-order chi connectivity index (χ1) is 26.9. The van der Waals surface area contributed by atoms with E-state index in [4.69, 9.17) is 18.9 Å². The number of rotatable bonds is 23. The first-order valence-electron chi connectivity index (χ1n) is 17.6. The molecule has 0 aliphatic rings. The van der Waals surface area contributed by atoms with E-state index in [1.54, 1.807) is 41.5 Å². The standard InChI is InChI=1S/C34H56N6O16S2/c1-33(2,3)55-31(49)39-19(29(47)53-9)11-13-23(41)37-21(27(45)35-15-25(43)51-7)17-57-58-18-22(28(46)36-16-26(44)52-8)38-24(42)14-12-20(30(48)54-10)40-32(50)56-34(4,5)6/h19-22H,11-18H2,1-10H3,(H,35,45)(H,36,46)(H,37,41)(H,38,42)(H,39,49)(H,40,50). The highest BCUT2D eigenvalue weighted by atomic mass is 33.1. The van der Waals surface area contributed by atoms with Crippen molar-refractivity contribution in [3.8, 4) is 0 Å². The van der Waals surface area contributed by atoms with Crippen molar-refractivity contribution in [2.45, 2.75) is 103 Å². The summed E-state index contributed by atoms with van der Waals surface area (Å²) in [5, 5.41) is 14.3. The molecule has 0 aliphatic carbocycles. The first kappa shape index (κ1) is 53.0.